The zero-order valence-electron chi connectivity index (χ0n) is 14.1. The lowest BCUT2D eigenvalue weighted by Gasteiger charge is -2.11. The lowest BCUT2D eigenvalue weighted by molar-refractivity contribution is -0.137. The van der Waals surface area contributed by atoms with Crippen molar-refractivity contribution in [3.8, 4) is 17.8 Å². The van der Waals surface area contributed by atoms with Gasteiger partial charge < -0.3 is 5.73 Å². The lowest BCUT2D eigenvalue weighted by atomic mass is 10.2. The number of hydrogen-bond donors (Lipinski definition) is 1. The number of hydrogen-bond acceptors (Lipinski definition) is 6. The number of nitrogens with zero attached hydrogens (tertiary/aromatic N) is 6. The Morgan fingerprint density at radius 2 is 1.86 bits per heavy atom. The topological polar surface area (TPSA) is 117 Å². The van der Waals surface area contributed by atoms with E-state index in [1.54, 1.807) is 19.1 Å². The molecule has 2 aromatic rings. The molecule has 1 heterocycles. The van der Waals surface area contributed by atoms with E-state index in [0.29, 0.717) is 11.4 Å². The van der Waals surface area contributed by atoms with Gasteiger partial charge in [-0.15, -0.1) is 4.80 Å². The molecule has 1 aromatic carbocycles. The molecule has 2 N–H and O–H groups in total. The molecule has 1 aromatic heterocycles. The second-order valence-electron chi connectivity index (χ2n) is 5.31. The van der Waals surface area contributed by atoms with Gasteiger partial charge in [0.1, 0.15) is 23.5 Å². The fourth-order valence-corrected chi connectivity index (χ4v) is 2.69. The van der Waals surface area contributed by atoms with E-state index in [1.807, 2.05) is 0 Å². The molecule has 0 bridgehead atoms. The summed E-state index contributed by atoms with van der Waals surface area (Å²) in [5.41, 5.74) is 4.60. The van der Waals surface area contributed by atoms with Crippen molar-refractivity contribution in [3.63, 3.8) is 0 Å². The molecular weight excluding hydrogens is 418 g/mol. The minimum absolute atomic E-state index is 0.00560. The van der Waals surface area contributed by atoms with E-state index in [0.717, 1.165) is 16.9 Å². The van der Waals surface area contributed by atoms with Crippen LogP contribution < -0.4 is 5.73 Å². The average Bonchev–Trinajstić information content (AvgIpc) is 2.97. The van der Waals surface area contributed by atoms with Crippen molar-refractivity contribution >= 4 is 29.4 Å². The van der Waals surface area contributed by atoms with Gasteiger partial charge in [0.15, 0.2) is 5.70 Å². The average molecular weight is 428 g/mol. The highest BCUT2D eigenvalue weighted by atomic mass is 35.5. The van der Waals surface area contributed by atoms with Gasteiger partial charge in [-0.1, -0.05) is 23.2 Å². The zero-order chi connectivity index (χ0) is 21.1. The van der Waals surface area contributed by atoms with Crippen molar-refractivity contribution in [2.75, 3.05) is 0 Å². The number of halogens is 5. The van der Waals surface area contributed by atoms with Gasteiger partial charge in [-0.2, -0.15) is 33.9 Å². The van der Waals surface area contributed by atoms with Gasteiger partial charge in [0.2, 0.25) is 0 Å². The molecule has 28 heavy (non-hydrogen) atoms. The molecule has 0 amide bonds. The van der Waals surface area contributed by atoms with E-state index in [4.69, 9.17) is 39.5 Å². The van der Waals surface area contributed by atoms with E-state index in [-0.39, 0.29) is 33.5 Å². The molecule has 0 aliphatic rings. The second kappa shape index (κ2) is 8.30. The van der Waals surface area contributed by atoms with E-state index in [9.17, 15) is 13.2 Å². The summed E-state index contributed by atoms with van der Waals surface area (Å²) in [6, 6.07) is 4.76. The van der Waals surface area contributed by atoms with Crippen LogP contribution in [0.1, 0.15) is 17.0 Å². The van der Waals surface area contributed by atoms with Gasteiger partial charge >= 0.3 is 6.18 Å². The third-order valence-electron chi connectivity index (χ3n) is 3.41. The highest BCUT2D eigenvalue weighted by molar-refractivity contribution is 6.37. The summed E-state index contributed by atoms with van der Waals surface area (Å²) in [7, 11) is 0. The molecule has 144 valence electrons. The second-order valence-corrected chi connectivity index (χ2v) is 6.12. The molecule has 0 saturated carbocycles. The number of benzene rings is 1. The number of nitriles is 2. The van der Waals surface area contributed by atoms with Crippen molar-refractivity contribution in [3.05, 3.63) is 50.5 Å². The van der Waals surface area contributed by atoms with Gasteiger partial charge in [-0.05, 0) is 19.1 Å². The molecule has 0 fully saturated rings. The quantitative estimate of drug-likeness (QED) is 0.588. The first kappa shape index (κ1) is 21.2. The summed E-state index contributed by atoms with van der Waals surface area (Å²) in [5, 5.41) is 25.3. The largest absolute Gasteiger partial charge is 0.416 e. The van der Waals surface area contributed by atoms with Gasteiger partial charge in [0, 0.05) is 12.6 Å². The number of aliphatic imine (C=N–C) groups is 1. The third kappa shape index (κ3) is 4.60. The Hall–Kier alpha value is -3.08. The number of aromatic nitrogens is 3. The highest BCUT2D eigenvalue weighted by Gasteiger charge is 2.32. The van der Waals surface area contributed by atoms with E-state index >= 15 is 0 Å². The molecule has 0 aliphatic carbocycles. The fourth-order valence-electron chi connectivity index (χ4n) is 2.05. The maximum Gasteiger partial charge on any atom is 0.416 e. The van der Waals surface area contributed by atoms with Gasteiger partial charge in [-0.3, -0.25) is 0 Å². The number of alkyl halides is 3. The summed E-state index contributed by atoms with van der Waals surface area (Å²) >= 11 is 11.9. The fraction of sp³-hybridized carbons (Fsp3) is 0.188. The molecule has 2 rings (SSSR count). The Morgan fingerprint density at radius 3 is 2.36 bits per heavy atom. The number of allylic oxidation sites excluding steroid dienone is 2. The Bertz CT molecular complexity index is 1030. The van der Waals surface area contributed by atoms with E-state index in [2.05, 4.69) is 15.2 Å². The predicted octanol–water partition coefficient (Wildman–Crippen LogP) is 3.73. The third-order valence-corrected chi connectivity index (χ3v) is 3.98. The number of rotatable bonds is 4. The summed E-state index contributed by atoms with van der Waals surface area (Å²) in [4.78, 5) is 4.82. The van der Waals surface area contributed by atoms with Crippen LogP contribution in [0.3, 0.4) is 0 Å². The minimum atomic E-state index is -4.60. The first-order valence-electron chi connectivity index (χ1n) is 7.40. The standard InChI is InChI=1S/C16H10Cl2F3N7/c1-8-13(2-3-25-14(7-23)12(24)6-22)27-28(26-8)15-10(17)4-9(5-11(15)18)16(19,20)21/h3-5H,2,24H2,1H3. The van der Waals surface area contributed by atoms with Gasteiger partial charge in [0.05, 0.1) is 27.0 Å². The number of aryl methyl sites for hydroxylation is 1. The van der Waals surface area contributed by atoms with Crippen LogP contribution in [-0.2, 0) is 12.6 Å². The smallest absolute Gasteiger partial charge is 0.388 e. The van der Waals surface area contributed by atoms with Crippen molar-refractivity contribution in [1.82, 2.24) is 15.0 Å². The Balaban J connectivity index is 2.36. The molecule has 0 saturated heterocycles. The number of nitrogens with two attached hydrogens (primary N) is 1. The highest BCUT2D eigenvalue weighted by Crippen LogP contribution is 2.37. The first-order valence-corrected chi connectivity index (χ1v) is 8.16. The summed E-state index contributed by atoms with van der Waals surface area (Å²) in [5.74, 6) is 0. The molecule has 0 aliphatic heterocycles. The maximum absolute atomic E-state index is 12.8. The normalized spacial score (nSPS) is 12.6. The van der Waals surface area contributed by atoms with Crippen LogP contribution in [0.25, 0.3) is 5.69 Å². The van der Waals surface area contributed by atoms with Crippen LogP contribution in [0, 0.1) is 29.6 Å². The van der Waals surface area contributed by atoms with Crippen LogP contribution in [-0.4, -0.2) is 21.2 Å². The lowest BCUT2D eigenvalue weighted by Crippen LogP contribution is -2.08. The molecule has 0 spiro atoms. The van der Waals surface area contributed by atoms with E-state index in [1.165, 1.54) is 6.21 Å². The SMILES string of the molecule is Cc1nn(-c2c(Cl)cc(C(F)(F)F)cc2Cl)nc1CC=NC(C#N)=C(N)C#N. The van der Waals surface area contributed by atoms with Crippen LogP contribution in [0.2, 0.25) is 10.0 Å². The Kier molecular flexibility index (Phi) is 6.29. The van der Waals surface area contributed by atoms with Gasteiger partial charge in [0.25, 0.3) is 0 Å². The Morgan fingerprint density at radius 1 is 1.25 bits per heavy atom. The predicted molar refractivity (Wildman–Crippen MR) is 95.8 cm³/mol. The maximum atomic E-state index is 12.8. The van der Waals surface area contributed by atoms with Crippen LogP contribution in [0.4, 0.5) is 13.2 Å². The summed E-state index contributed by atoms with van der Waals surface area (Å²) < 4.78 is 38.5. The molecule has 7 nitrogen and oxygen atoms in total. The van der Waals surface area contributed by atoms with E-state index < -0.39 is 11.7 Å². The molecule has 12 heteroatoms. The van der Waals surface area contributed by atoms with Crippen LogP contribution in [0.5, 0.6) is 0 Å². The first-order chi connectivity index (χ1) is 13.1. The Labute approximate surface area is 167 Å². The molecule has 0 atom stereocenters. The van der Waals surface area contributed by atoms with Crippen LogP contribution in [0.15, 0.2) is 28.5 Å². The molecule has 0 unspecified atom stereocenters. The zero-order valence-corrected chi connectivity index (χ0v) is 15.6. The summed E-state index contributed by atoms with van der Waals surface area (Å²) in [6.07, 6.45) is -3.18. The molecular formula is C16H10Cl2F3N7. The molecule has 0 radical (unpaired) electrons. The van der Waals surface area contributed by atoms with Crippen molar-refractivity contribution in [2.24, 2.45) is 10.7 Å². The van der Waals surface area contributed by atoms with Crippen molar-refractivity contribution in [1.29, 1.82) is 10.5 Å². The van der Waals surface area contributed by atoms with Gasteiger partial charge in [-0.25, -0.2) is 4.99 Å². The van der Waals surface area contributed by atoms with Crippen molar-refractivity contribution in [2.45, 2.75) is 19.5 Å². The monoisotopic (exact) mass is 427 g/mol. The minimum Gasteiger partial charge on any atom is -0.388 e. The van der Waals surface area contributed by atoms with Crippen molar-refractivity contribution < 1.29 is 13.2 Å². The summed E-state index contributed by atoms with van der Waals surface area (Å²) in [6.45, 7) is 1.61. The van der Waals surface area contributed by atoms with Crippen LogP contribution >= 0.6 is 23.2 Å².